The summed E-state index contributed by atoms with van der Waals surface area (Å²) < 4.78 is 148. The maximum atomic E-state index is 12.5. The van der Waals surface area contributed by atoms with Gasteiger partial charge in [0, 0.05) is 0 Å². The van der Waals surface area contributed by atoms with Gasteiger partial charge in [0.1, 0.15) is 0 Å². The highest BCUT2D eigenvalue weighted by Gasteiger charge is 2.84. The molecule has 0 fully saturated rings. The summed E-state index contributed by atoms with van der Waals surface area (Å²) in [4.78, 5) is 0. The molecule has 1 atom stereocenters. The Kier molecular flexibility index (Phi) is 5.56. The summed E-state index contributed by atoms with van der Waals surface area (Å²) in [6.45, 7) is 0. The normalized spacial score (nSPS) is 16.6. The molecule has 124 valence electrons. The standard InChI is InChI=1S/C5H2F10O3S.H3N/c6-1(19(16,17)18)2(7,8)3(9,10)4(11,12)5(13,14)15;/h1H,(H,16,17,18);1H3. The monoisotopic (exact) mass is 349 g/mol. The highest BCUT2D eigenvalue weighted by Crippen LogP contribution is 2.54. The second-order valence-corrected chi connectivity index (χ2v) is 4.54. The van der Waals surface area contributed by atoms with E-state index in [-0.39, 0.29) is 6.15 Å². The first-order chi connectivity index (χ1) is 7.90. The Balaban J connectivity index is 0. The van der Waals surface area contributed by atoms with Crippen LogP contribution in [0.25, 0.3) is 0 Å². The lowest BCUT2D eigenvalue weighted by molar-refractivity contribution is -0.399. The van der Waals surface area contributed by atoms with E-state index in [9.17, 15) is 52.3 Å². The average molecular weight is 349 g/mol. The topological polar surface area (TPSA) is 89.4 Å². The van der Waals surface area contributed by atoms with Gasteiger partial charge in [-0.3, -0.25) is 4.55 Å². The number of rotatable bonds is 4. The number of hydrogen-bond donors (Lipinski definition) is 2. The van der Waals surface area contributed by atoms with Crippen LogP contribution in [-0.4, -0.2) is 42.4 Å². The van der Waals surface area contributed by atoms with E-state index in [2.05, 4.69) is 0 Å². The van der Waals surface area contributed by atoms with Crippen LogP contribution >= 0.6 is 0 Å². The van der Waals surface area contributed by atoms with Crippen molar-refractivity contribution in [1.29, 1.82) is 0 Å². The van der Waals surface area contributed by atoms with Gasteiger partial charge in [0.05, 0.1) is 0 Å². The maximum absolute atomic E-state index is 12.5. The molecule has 0 rings (SSSR count). The highest BCUT2D eigenvalue weighted by atomic mass is 32.2. The number of alkyl halides is 10. The van der Waals surface area contributed by atoms with Crippen LogP contribution in [0.15, 0.2) is 0 Å². The molecule has 0 aliphatic carbocycles. The van der Waals surface area contributed by atoms with Crippen molar-refractivity contribution in [3.8, 4) is 0 Å². The van der Waals surface area contributed by atoms with Crippen molar-refractivity contribution in [2.24, 2.45) is 0 Å². The molecule has 0 spiro atoms. The van der Waals surface area contributed by atoms with Crippen LogP contribution in [0, 0.1) is 0 Å². The van der Waals surface area contributed by atoms with Gasteiger partial charge in [0.25, 0.3) is 5.50 Å². The maximum Gasteiger partial charge on any atom is 0.460 e. The zero-order chi connectivity index (χ0) is 16.1. The summed E-state index contributed by atoms with van der Waals surface area (Å²) in [6.07, 6.45) is -7.21. The second kappa shape index (κ2) is 5.18. The van der Waals surface area contributed by atoms with Crippen LogP contribution in [0.2, 0.25) is 0 Å². The van der Waals surface area contributed by atoms with E-state index in [4.69, 9.17) is 4.55 Å². The van der Waals surface area contributed by atoms with Crippen molar-refractivity contribution < 1.29 is 56.9 Å². The van der Waals surface area contributed by atoms with E-state index < -0.39 is 39.6 Å². The Morgan fingerprint density at radius 1 is 0.800 bits per heavy atom. The molecule has 0 aliphatic rings. The van der Waals surface area contributed by atoms with Crippen molar-refractivity contribution in [2.75, 3.05) is 0 Å². The van der Waals surface area contributed by atoms with Crippen LogP contribution in [-0.2, 0) is 10.1 Å². The Morgan fingerprint density at radius 3 is 1.30 bits per heavy atom. The minimum absolute atomic E-state index is 0. The molecule has 20 heavy (non-hydrogen) atoms. The van der Waals surface area contributed by atoms with Crippen molar-refractivity contribution in [2.45, 2.75) is 29.4 Å². The van der Waals surface area contributed by atoms with Gasteiger partial charge in [0.2, 0.25) is 0 Å². The van der Waals surface area contributed by atoms with Crippen LogP contribution in [0.3, 0.4) is 0 Å². The molecule has 0 saturated carbocycles. The zero-order valence-corrected chi connectivity index (χ0v) is 9.55. The Morgan fingerprint density at radius 2 is 1.10 bits per heavy atom. The van der Waals surface area contributed by atoms with E-state index in [1.165, 1.54) is 0 Å². The van der Waals surface area contributed by atoms with Gasteiger partial charge in [0.15, 0.2) is 0 Å². The van der Waals surface area contributed by atoms with Crippen LogP contribution < -0.4 is 6.15 Å². The SMILES string of the molecule is N.O=S(=O)(O)C(F)C(F)(F)C(F)(F)C(F)(F)C(F)(F)F. The predicted octanol–water partition coefficient (Wildman–Crippen LogP) is 2.80. The van der Waals surface area contributed by atoms with Gasteiger partial charge in [-0.15, -0.1) is 0 Å². The fraction of sp³-hybridized carbons (Fsp3) is 1.00. The molecule has 1 unspecified atom stereocenters. The van der Waals surface area contributed by atoms with E-state index in [1.807, 2.05) is 0 Å². The van der Waals surface area contributed by atoms with Crippen molar-refractivity contribution in [1.82, 2.24) is 6.15 Å². The van der Waals surface area contributed by atoms with Crippen molar-refractivity contribution >= 4 is 10.1 Å². The Hall–Kier alpha value is -0.830. The summed E-state index contributed by atoms with van der Waals surface area (Å²) in [5, 5.41) is 0. The fourth-order valence-corrected chi connectivity index (χ4v) is 1.24. The first-order valence-corrected chi connectivity index (χ1v) is 5.21. The van der Waals surface area contributed by atoms with Gasteiger partial charge in [-0.25, -0.2) is 4.39 Å². The van der Waals surface area contributed by atoms with E-state index in [1.54, 1.807) is 0 Å². The smallest absolute Gasteiger partial charge is 0.344 e. The van der Waals surface area contributed by atoms with Crippen molar-refractivity contribution in [3.63, 3.8) is 0 Å². The van der Waals surface area contributed by atoms with Crippen molar-refractivity contribution in [3.05, 3.63) is 0 Å². The predicted molar refractivity (Wildman–Crippen MR) is 42.4 cm³/mol. The van der Waals surface area contributed by atoms with Gasteiger partial charge >= 0.3 is 34.1 Å². The Bertz CT molecular complexity index is 442. The minimum atomic E-state index is -7.45. The lowest BCUT2D eigenvalue weighted by Gasteiger charge is -2.34. The van der Waals surface area contributed by atoms with E-state index in [0.717, 1.165) is 0 Å². The number of halogens is 10. The molecule has 15 heteroatoms. The van der Waals surface area contributed by atoms with Gasteiger partial charge in [-0.1, -0.05) is 0 Å². The van der Waals surface area contributed by atoms with E-state index in [0.29, 0.717) is 0 Å². The summed E-state index contributed by atoms with van der Waals surface area (Å²) in [6, 6.07) is 0. The lowest BCUT2D eigenvalue weighted by Crippen LogP contribution is -2.64. The molecule has 4 nitrogen and oxygen atoms in total. The van der Waals surface area contributed by atoms with Gasteiger partial charge in [-0.05, 0) is 0 Å². The molecular weight excluding hydrogens is 344 g/mol. The van der Waals surface area contributed by atoms with E-state index >= 15 is 0 Å². The second-order valence-electron chi connectivity index (χ2n) is 3.10. The molecule has 0 aromatic carbocycles. The Labute approximate surface area is 104 Å². The average Bonchev–Trinajstić information content (AvgIpc) is 2.12. The summed E-state index contributed by atoms with van der Waals surface area (Å²) >= 11 is 0. The molecular formula is C5H5F10NO3S. The fourth-order valence-electron chi connectivity index (χ4n) is 0.717. The number of hydrogen-bond acceptors (Lipinski definition) is 3. The van der Waals surface area contributed by atoms with Crippen LogP contribution in [0.1, 0.15) is 0 Å². The molecule has 0 aromatic heterocycles. The highest BCUT2D eigenvalue weighted by molar-refractivity contribution is 7.86. The van der Waals surface area contributed by atoms with Crippen LogP contribution in [0.5, 0.6) is 0 Å². The lowest BCUT2D eigenvalue weighted by atomic mass is 10.1. The first-order valence-electron chi connectivity index (χ1n) is 3.71. The molecule has 0 saturated heterocycles. The first kappa shape index (κ1) is 21.5. The zero-order valence-electron chi connectivity index (χ0n) is 8.74. The summed E-state index contributed by atoms with van der Waals surface area (Å²) in [5.74, 6) is -21.9. The minimum Gasteiger partial charge on any atom is -0.344 e. The molecule has 0 aliphatic heterocycles. The third kappa shape index (κ3) is 3.08. The molecule has 0 radical (unpaired) electrons. The molecule has 0 amide bonds. The largest absolute Gasteiger partial charge is 0.460 e. The quantitative estimate of drug-likeness (QED) is 0.603. The third-order valence-corrected chi connectivity index (χ3v) is 2.53. The summed E-state index contributed by atoms with van der Waals surface area (Å²) in [7, 11) is -6.65. The third-order valence-electron chi connectivity index (χ3n) is 1.72. The molecule has 4 N–H and O–H groups in total. The van der Waals surface area contributed by atoms with Gasteiger partial charge < -0.3 is 6.15 Å². The molecule has 0 heterocycles. The van der Waals surface area contributed by atoms with Gasteiger partial charge in [-0.2, -0.15) is 47.9 Å². The van der Waals surface area contributed by atoms with Crippen LogP contribution in [0.4, 0.5) is 43.9 Å². The summed E-state index contributed by atoms with van der Waals surface area (Å²) in [5.41, 5.74) is -5.37. The molecule has 0 bridgehead atoms. The molecule has 0 aromatic rings.